The third kappa shape index (κ3) is 2.66. The molecule has 0 saturated heterocycles. The molecule has 0 aliphatic rings. The normalized spacial score (nSPS) is 9.86. The monoisotopic (exact) mass is 263 g/mol. The van der Waals surface area contributed by atoms with E-state index in [0.717, 1.165) is 6.07 Å². The molecule has 0 radical (unpaired) electrons. The molecule has 0 aliphatic carbocycles. The fraction of sp³-hybridized carbons (Fsp3) is 0.250. The van der Waals surface area contributed by atoms with Gasteiger partial charge in [-0.05, 0) is 6.07 Å². The van der Waals surface area contributed by atoms with Gasteiger partial charge in [-0.1, -0.05) is 15.9 Å². The number of hydrogen-bond donors (Lipinski definition) is 0. The predicted octanol–water partition coefficient (Wildman–Crippen LogP) is 2.51. The summed E-state index contributed by atoms with van der Waals surface area (Å²) >= 11 is 3.11. The van der Waals surface area contributed by atoms with E-state index in [4.69, 9.17) is 4.74 Å². The van der Waals surface area contributed by atoms with Gasteiger partial charge in [0.05, 0.1) is 17.6 Å². The molecule has 14 heavy (non-hydrogen) atoms. The highest BCUT2D eigenvalue weighted by Crippen LogP contribution is 2.22. The van der Waals surface area contributed by atoms with Crippen molar-refractivity contribution in [1.82, 2.24) is 0 Å². The molecule has 0 N–H and O–H groups in total. The maximum absolute atomic E-state index is 13.1. The first-order chi connectivity index (χ1) is 6.65. The molecule has 0 bridgehead atoms. The van der Waals surface area contributed by atoms with Gasteiger partial charge in [-0.2, -0.15) is 0 Å². The second-order valence-corrected chi connectivity index (χ2v) is 3.20. The molecule has 1 rings (SSSR count). The maximum Gasteiger partial charge on any atom is 0.272 e. The Bertz CT molecular complexity index is 345. The number of rotatable bonds is 4. The van der Waals surface area contributed by atoms with E-state index in [1.54, 1.807) is 0 Å². The van der Waals surface area contributed by atoms with E-state index in [9.17, 15) is 14.5 Å². The van der Waals surface area contributed by atoms with E-state index >= 15 is 0 Å². The number of alkyl halides is 1. The summed E-state index contributed by atoms with van der Waals surface area (Å²) in [5.74, 6) is -0.699. The summed E-state index contributed by atoms with van der Waals surface area (Å²) in [5, 5.41) is 10.8. The second kappa shape index (κ2) is 4.90. The molecule has 6 heteroatoms. The third-order valence-electron chi connectivity index (χ3n) is 1.46. The van der Waals surface area contributed by atoms with Crippen LogP contribution in [0.4, 0.5) is 10.1 Å². The van der Waals surface area contributed by atoms with Crippen molar-refractivity contribution in [1.29, 1.82) is 0 Å². The predicted molar refractivity (Wildman–Crippen MR) is 52.3 cm³/mol. The van der Waals surface area contributed by atoms with Gasteiger partial charge in [0.15, 0.2) is 11.6 Å². The summed E-state index contributed by atoms with van der Waals surface area (Å²) in [6.45, 7) is 0.314. The van der Waals surface area contributed by atoms with Crippen LogP contribution in [0.3, 0.4) is 0 Å². The Morgan fingerprint density at radius 1 is 1.57 bits per heavy atom. The first kappa shape index (κ1) is 10.9. The molecule has 1 aromatic carbocycles. The summed E-state index contributed by atoms with van der Waals surface area (Å²) in [7, 11) is 0. The molecule has 0 amide bonds. The van der Waals surface area contributed by atoms with Crippen molar-refractivity contribution in [2.24, 2.45) is 0 Å². The molecule has 1 aromatic rings. The summed E-state index contributed by atoms with van der Waals surface area (Å²) in [5.41, 5.74) is -0.284. The number of non-ortho nitro benzene ring substituents is 1. The van der Waals surface area contributed by atoms with Crippen LogP contribution in [0.5, 0.6) is 5.75 Å². The zero-order valence-electron chi connectivity index (χ0n) is 7.07. The molecule has 4 nitrogen and oxygen atoms in total. The molecule has 0 aromatic heterocycles. The first-order valence-corrected chi connectivity index (χ1v) is 4.90. The van der Waals surface area contributed by atoms with Gasteiger partial charge < -0.3 is 4.74 Å². The topological polar surface area (TPSA) is 52.4 Å². The highest BCUT2D eigenvalue weighted by atomic mass is 79.9. The number of ether oxygens (including phenoxy) is 1. The molecule has 0 aliphatic heterocycles. The van der Waals surface area contributed by atoms with Crippen molar-refractivity contribution in [2.45, 2.75) is 0 Å². The minimum absolute atomic E-state index is 0.0232. The lowest BCUT2D eigenvalue weighted by Crippen LogP contribution is -2.00. The van der Waals surface area contributed by atoms with Gasteiger partial charge in [0.25, 0.3) is 5.69 Å². The molecule has 0 heterocycles. The zero-order chi connectivity index (χ0) is 10.6. The summed E-state index contributed by atoms with van der Waals surface area (Å²) in [6.07, 6.45) is 0. The van der Waals surface area contributed by atoms with Gasteiger partial charge in [0.1, 0.15) is 0 Å². The highest BCUT2D eigenvalue weighted by molar-refractivity contribution is 9.09. The number of nitrogens with zero attached hydrogens (tertiary/aromatic N) is 1. The summed E-state index contributed by atoms with van der Waals surface area (Å²) in [6, 6.07) is 3.28. The van der Waals surface area contributed by atoms with Crippen LogP contribution in [0.15, 0.2) is 18.2 Å². The summed E-state index contributed by atoms with van der Waals surface area (Å²) in [4.78, 5) is 9.61. The van der Waals surface area contributed by atoms with Crippen molar-refractivity contribution in [3.05, 3.63) is 34.1 Å². The number of nitro groups is 1. The molecule has 0 atom stereocenters. The molecule has 0 spiro atoms. The maximum atomic E-state index is 13.1. The standard InChI is InChI=1S/C8H7BrFNO3/c9-3-4-14-8-2-1-6(11(12)13)5-7(8)10/h1-2,5H,3-4H2. The number of hydrogen-bond acceptors (Lipinski definition) is 3. The van der Waals surface area contributed by atoms with E-state index in [0.29, 0.717) is 11.9 Å². The van der Waals surface area contributed by atoms with Crippen LogP contribution in [0.1, 0.15) is 0 Å². The van der Waals surface area contributed by atoms with Gasteiger partial charge >= 0.3 is 0 Å². The Hall–Kier alpha value is -1.17. The molecule has 0 saturated carbocycles. The smallest absolute Gasteiger partial charge is 0.272 e. The Balaban J connectivity index is 2.84. The number of benzene rings is 1. The van der Waals surface area contributed by atoms with E-state index in [-0.39, 0.29) is 11.4 Å². The number of halogens is 2. The molecule has 76 valence electrons. The minimum Gasteiger partial charge on any atom is -0.490 e. The van der Waals surface area contributed by atoms with Crippen LogP contribution in [0.25, 0.3) is 0 Å². The van der Waals surface area contributed by atoms with Crippen molar-refractivity contribution in [3.8, 4) is 5.75 Å². The Morgan fingerprint density at radius 2 is 2.29 bits per heavy atom. The average molecular weight is 264 g/mol. The lowest BCUT2D eigenvalue weighted by molar-refractivity contribution is -0.385. The zero-order valence-corrected chi connectivity index (χ0v) is 8.66. The van der Waals surface area contributed by atoms with Crippen LogP contribution in [-0.2, 0) is 0 Å². The first-order valence-electron chi connectivity index (χ1n) is 3.78. The van der Waals surface area contributed by atoms with Gasteiger partial charge in [-0.3, -0.25) is 10.1 Å². The SMILES string of the molecule is O=[N+]([O-])c1ccc(OCCBr)c(F)c1. The second-order valence-electron chi connectivity index (χ2n) is 2.41. The average Bonchev–Trinajstić information content (AvgIpc) is 2.15. The third-order valence-corrected chi connectivity index (χ3v) is 1.78. The van der Waals surface area contributed by atoms with Crippen LogP contribution < -0.4 is 4.74 Å². The fourth-order valence-electron chi connectivity index (χ4n) is 0.869. The Labute approximate surface area is 88.0 Å². The Kier molecular flexibility index (Phi) is 3.82. The lowest BCUT2D eigenvalue weighted by atomic mass is 10.3. The van der Waals surface area contributed by atoms with E-state index in [1.807, 2.05) is 0 Å². The minimum atomic E-state index is -0.722. The van der Waals surface area contributed by atoms with Gasteiger partial charge in [-0.15, -0.1) is 0 Å². The van der Waals surface area contributed by atoms with Gasteiger partial charge in [-0.25, -0.2) is 4.39 Å². The van der Waals surface area contributed by atoms with Crippen LogP contribution >= 0.6 is 15.9 Å². The van der Waals surface area contributed by atoms with Gasteiger partial charge in [0, 0.05) is 11.4 Å². The van der Waals surface area contributed by atoms with E-state index < -0.39 is 10.7 Å². The van der Waals surface area contributed by atoms with Crippen molar-refractivity contribution >= 4 is 21.6 Å². The molecular formula is C8H7BrFNO3. The van der Waals surface area contributed by atoms with Crippen LogP contribution in [-0.4, -0.2) is 16.9 Å². The Morgan fingerprint density at radius 3 is 2.79 bits per heavy atom. The van der Waals surface area contributed by atoms with Crippen LogP contribution in [0, 0.1) is 15.9 Å². The number of nitro benzene ring substituents is 1. The largest absolute Gasteiger partial charge is 0.490 e. The van der Waals surface area contributed by atoms with Crippen molar-refractivity contribution in [3.63, 3.8) is 0 Å². The fourth-order valence-corrected chi connectivity index (χ4v) is 1.03. The van der Waals surface area contributed by atoms with E-state index in [1.165, 1.54) is 12.1 Å². The van der Waals surface area contributed by atoms with Crippen LogP contribution in [0.2, 0.25) is 0 Å². The van der Waals surface area contributed by atoms with Crippen molar-refractivity contribution < 1.29 is 14.1 Å². The summed E-state index contributed by atoms with van der Waals surface area (Å²) < 4.78 is 18.1. The van der Waals surface area contributed by atoms with E-state index in [2.05, 4.69) is 15.9 Å². The molecular weight excluding hydrogens is 257 g/mol. The van der Waals surface area contributed by atoms with Crippen molar-refractivity contribution in [2.75, 3.05) is 11.9 Å². The lowest BCUT2D eigenvalue weighted by Gasteiger charge is -2.04. The van der Waals surface area contributed by atoms with Gasteiger partial charge in [0.2, 0.25) is 0 Å². The quantitative estimate of drug-likeness (QED) is 0.477. The highest BCUT2D eigenvalue weighted by Gasteiger charge is 2.10. The molecule has 0 fully saturated rings. The molecule has 0 unspecified atom stereocenters.